The molecule has 1 aromatic rings. The molecule has 0 saturated carbocycles. The number of hydrogen-bond donors (Lipinski definition) is 2. The minimum atomic E-state index is 0.0501. The standard InChI is InChI=1S/C15H24N2O2/c1-12(2)16-10-6-9-15(18)17-14-8-5-4-7-13(14)11-19-3/h4-5,7-8,12,16H,6,9-11H2,1-3H3,(H,17,18). The van der Waals surface area contributed by atoms with E-state index in [4.69, 9.17) is 4.74 Å². The Morgan fingerprint density at radius 2 is 2.05 bits per heavy atom. The van der Waals surface area contributed by atoms with E-state index in [1.807, 2.05) is 24.3 Å². The number of para-hydroxylation sites is 1. The molecular weight excluding hydrogens is 240 g/mol. The quantitative estimate of drug-likeness (QED) is 0.709. The van der Waals surface area contributed by atoms with Crippen molar-refractivity contribution in [3.05, 3.63) is 29.8 Å². The fourth-order valence-corrected chi connectivity index (χ4v) is 1.78. The third-order valence-corrected chi connectivity index (χ3v) is 2.72. The maximum absolute atomic E-state index is 11.8. The van der Waals surface area contributed by atoms with Gasteiger partial charge in [-0.1, -0.05) is 32.0 Å². The monoisotopic (exact) mass is 264 g/mol. The highest BCUT2D eigenvalue weighted by atomic mass is 16.5. The van der Waals surface area contributed by atoms with Crippen LogP contribution in [0.5, 0.6) is 0 Å². The molecule has 0 fully saturated rings. The van der Waals surface area contributed by atoms with Crippen LogP contribution in [-0.2, 0) is 16.1 Å². The molecule has 0 aliphatic rings. The highest BCUT2D eigenvalue weighted by Gasteiger charge is 2.06. The highest BCUT2D eigenvalue weighted by molar-refractivity contribution is 5.91. The average Bonchev–Trinajstić information content (AvgIpc) is 2.37. The summed E-state index contributed by atoms with van der Waals surface area (Å²) in [6.07, 6.45) is 1.37. The van der Waals surface area contributed by atoms with Gasteiger partial charge in [-0.15, -0.1) is 0 Å². The number of carbonyl (C=O) groups is 1. The van der Waals surface area contributed by atoms with Gasteiger partial charge in [0.2, 0.25) is 5.91 Å². The van der Waals surface area contributed by atoms with Crippen molar-refractivity contribution in [2.75, 3.05) is 19.0 Å². The van der Waals surface area contributed by atoms with Crippen LogP contribution in [0.2, 0.25) is 0 Å². The Bertz CT molecular complexity index is 391. The lowest BCUT2D eigenvalue weighted by Gasteiger charge is -2.11. The van der Waals surface area contributed by atoms with Crippen molar-refractivity contribution in [3.8, 4) is 0 Å². The topological polar surface area (TPSA) is 50.4 Å². The smallest absolute Gasteiger partial charge is 0.224 e. The van der Waals surface area contributed by atoms with Crippen molar-refractivity contribution < 1.29 is 9.53 Å². The average molecular weight is 264 g/mol. The minimum absolute atomic E-state index is 0.0501. The molecule has 0 unspecified atom stereocenters. The number of rotatable bonds is 8. The number of benzene rings is 1. The highest BCUT2D eigenvalue weighted by Crippen LogP contribution is 2.16. The van der Waals surface area contributed by atoms with Crippen LogP contribution >= 0.6 is 0 Å². The Morgan fingerprint density at radius 3 is 2.74 bits per heavy atom. The molecule has 0 aliphatic heterocycles. The molecular formula is C15H24N2O2. The van der Waals surface area contributed by atoms with Crippen molar-refractivity contribution >= 4 is 11.6 Å². The molecule has 0 spiro atoms. The molecule has 1 amide bonds. The van der Waals surface area contributed by atoms with Crippen LogP contribution < -0.4 is 10.6 Å². The zero-order chi connectivity index (χ0) is 14.1. The van der Waals surface area contributed by atoms with Gasteiger partial charge in [-0.3, -0.25) is 4.79 Å². The third-order valence-electron chi connectivity index (χ3n) is 2.72. The molecule has 1 rings (SSSR count). The van der Waals surface area contributed by atoms with E-state index in [2.05, 4.69) is 24.5 Å². The Balaban J connectivity index is 2.39. The second-order valence-electron chi connectivity index (χ2n) is 4.85. The summed E-state index contributed by atoms with van der Waals surface area (Å²) >= 11 is 0. The number of amides is 1. The van der Waals surface area contributed by atoms with Crippen molar-refractivity contribution in [2.45, 2.75) is 39.3 Å². The molecule has 0 bridgehead atoms. The molecule has 19 heavy (non-hydrogen) atoms. The summed E-state index contributed by atoms with van der Waals surface area (Å²) in [7, 11) is 1.65. The second-order valence-corrected chi connectivity index (χ2v) is 4.85. The lowest BCUT2D eigenvalue weighted by Crippen LogP contribution is -2.24. The number of nitrogens with one attached hydrogen (secondary N) is 2. The van der Waals surface area contributed by atoms with Crippen LogP contribution in [0.25, 0.3) is 0 Å². The molecule has 0 aromatic heterocycles. The van der Waals surface area contributed by atoms with E-state index in [-0.39, 0.29) is 5.91 Å². The van der Waals surface area contributed by atoms with Gasteiger partial charge in [0.1, 0.15) is 0 Å². The number of anilines is 1. The molecule has 0 aliphatic carbocycles. The number of carbonyl (C=O) groups excluding carboxylic acids is 1. The van der Waals surface area contributed by atoms with Gasteiger partial charge in [0.25, 0.3) is 0 Å². The maximum Gasteiger partial charge on any atom is 0.224 e. The van der Waals surface area contributed by atoms with Crippen LogP contribution in [0.15, 0.2) is 24.3 Å². The predicted octanol–water partition coefficient (Wildman–Crippen LogP) is 2.55. The van der Waals surface area contributed by atoms with Crippen molar-refractivity contribution in [2.24, 2.45) is 0 Å². The van der Waals surface area contributed by atoms with Gasteiger partial charge in [-0.05, 0) is 19.0 Å². The second kappa shape index (κ2) is 8.67. The van der Waals surface area contributed by atoms with Gasteiger partial charge in [0.05, 0.1) is 6.61 Å². The van der Waals surface area contributed by atoms with Crippen LogP contribution in [-0.4, -0.2) is 25.6 Å². The molecule has 106 valence electrons. The Labute approximate surface area is 115 Å². The third kappa shape index (κ3) is 6.36. The first-order valence-electron chi connectivity index (χ1n) is 6.73. The van der Waals surface area contributed by atoms with Gasteiger partial charge in [0.15, 0.2) is 0 Å². The van der Waals surface area contributed by atoms with E-state index in [0.717, 1.165) is 24.2 Å². The molecule has 2 N–H and O–H groups in total. The van der Waals surface area contributed by atoms with Crippen molar-refractivity contribution in [3.63, 3.8) is 0 Å². The summed E-state index contributed by atoms with van der Waals surface area (Å²) in [5.41, 5.74) is 1.84. The van der Waals surface area contributed by atoms with Crippen LogP contribution in [0, 0.1) is 0 Å². The summed E-state index contributed by atoms with van der Waals surface area (Å²) in [6, 6.07) is 8.18. The fraction of sp³-hybridized carbons (Fsp3) is 0.533. The minimum Gasteiger partial charge on any atom is -0.380 e. The van der Waals surface area contributed by atoms with E-state index in [1.54, 1.807) is 7.11 Å². The molecule has 0 atom stereocenters. The molecule has 4 nitrogen and oxygen atoms in total. The summed E-state index contributed by atoms with van der Waals surface area (Å²) < 4.78 is 5.11. The van der Waals surface area contributed by atoms with E-state index in [0.29, 0.717) is 19.1 Å². The maximum atomic E-state index is 11.8. The largest absolute Gasteiger partial charge is 0.380 e. The normalized spacial score (nSPS) is 10.7. The lowest BCUT2D eigenvalue weighted by atomic mass is 10.2. The zero-order valence-electron chi connectivity index (χ0n) is 12.0. The van der Waals surface area contributed by atoms with E-state index >= 15 is 0 Å². The fourth-order valence-electron chi connectivity index (χ4n) is 1.78. The van der Waals surface area contributed by atoms with Gasteiger partial charge in [-0.25, -0.2) is 0 Å². The van der Waals surface area contributed by atoms with E-state index in [1.165, 1.54) is 0 Å². The number of hydrogen-bond acceptors (Lipinski definition) is 3. The first-order valence-corrected chi connectivity index (χ1v) is 6.73. The summed E-state index contributed by atoms with van der Waals surface area (Å²) in [4.78, 5) is 11.8. The molecule has 0 radical (unpaired) electrons. The SMILES string of the molecule is COCc1ccccc1NC(=O)CCCNC(C)C. The van der Waals surface area contributed by atoms with Crippen molar-refractivity contribution in [1.82, 2.24) is 5.32 Å². The summed E-state index contributed by atoms with van der Waals surface area (Å²) in [6.45, 7) is 5.57. The Morgan fingerprint density at radius 1 is 1.32 bits per heavy atom. The molecule has 0 heterocycles. The summed E-state index contributed by atoms with van der Waals surface area (Å²) in [5, 5.41) is 6.23. The molecule has 0 saturated heterocycles. The van der Waals surface area contributed by atoms with Gasteiger partial charge in [-0.2, -0.15) is 0 Å². The van der Waals surface area contributed by atoms with Gasteiger partial charge in [0, 0.05) is 30.8 Å². The summed E-state index contributed by atoms with van der Waals surface area (Å²) in [5.74, 6) is 0.0501. The van der Waals surface area contributed by atoms with Crippen LogP contribution in [0.4, 0.5) is 5.69 Å². The Kier molecular flexibility index (Phi) is 7.15. The zero-order valence-corrected chi connectivity index (χ0v) is 12.0. The number of ether oxygens (including phenoxy) is 1. The van der Waals surface area contributed by atoms with E-state index < -0.39 is 0 Å². The van der Waals surface area contributed by atoms with Gasteiger partial charge >= 0.3 is 0 Å². The van der Waals surface area contributed by atoms with Crippen LogP contribution in [0.1, 0.15) is 32.3 Å². The predicted molar refractivity (Wildman–Crippen MR) is 78.2 cm³/mol. The number of methoxy groups -OCH3 is 1. The first-order chi connectivity index (χ1) is 9.13. The lowest BCUT2D eigenvalue weighted by molar-refractivity contribution is -0.116. The molecule has 4 heteroatoms. The van der Waals surface area contributed by atoms with Crippen molar-refractivity contribution in [1.29, 1.82) is 0 Å². The Hall–Kier alpha value is -1.39. The first kappa shape index (κ1) is 15.7. The molecule has 1 aromatic carbocycles. The van der Waals surface area contributed by atoms with Crippen LogP contribution in [0.3, 0.4) is 0 Å². The van der Waals surface area contributed by atoms with E-state index in [9.17, 15) is 4.79 Å². The van der Waals surface area contributed by atoms with Gasteiger partial charge < -0.3 is 15.4 Å².